The molecule has 3 aromatic carbocycles. The van der Waals surface area contributed by atoms with Crippen LogP contribution in [0.4, 0.5) is 18.9 Å². The zero-order valence-corrected chi connectivity index (χ0v) is 20.8. The molecule has 0 bridgehead atoms. The number of carbonyl (C=O) groups is 1. The molecular weight excluding hydrogens is 501 g/mol. The quantitative estimate of drug-likeness (QED) is 0.409. The number of nitrogens with one attached hydrogen (secondary N) is 1. The molecule has 35 heavy (non-hydrogen) atoms. The Morgan fingerprint density at radius 3 is 2.29 bits per heavy atom. The number of nitrogens with zero attached hydrogens (tertiary/aromatic N) is 1. The monoisotopic (exact) mass is 524 g/mol. The van der Waals surface area contributed by atoms with Gasteiger partial charge in [0.15, 0.2) is 0 Å². The van der Waals surface area contributed by atoms with E-state index in [1.807, 2.05) is 32.0 Å². The van der Waals surface area contributed by atoms with Gasteiger partial charge in [-0.15, -0.1) is 0 Å². The Bertz CT molecular complexity index is 1330. The van der Waals surface area contributed by atoms with Crippen LogP contribution < -0.4 is 9.62 Å². The Balaban J connectivity index is 1.99. The van der Waals surface area contributed by atoms with Gasteiger partial charge in [0.25, 0.3) is 10.0 Å². The number of rotatable bonds is 7. The van der Waals surface area contributed by atoms with Gasteiger partial charge in [0.2, 0.25) is 5.91 Å². The normalized spacial score (nSPS) is 12.8. The Labute approximate surface area is 207 Å². The maximum Gasteiger partial charge on any atom is 0.417 e. The molecule has 1 amide bonds. The van der Waals surface area contributed by atoms with Crippen LogP contribution in [-0.4, -0.2) is 20.9 Å². The van der Waals surface area contributed by atoms with Crippen molar-refractivity contribution in [3.8, 4) is 0 Å². The van der Waals surface area contributed by atoms with Crippen molar-refractivity contribution in [3.63, 3.8) is 0 Å². The molecule has 10 heteroatoms. The third-order valence-corrected chi connectivity index (χ3v) is 7.55. The minimum atomic E-state index is -4.81. The summed E-state index contributed by atoms with van der Waals surface area (Å²) in [6.07, 6.45) is -4.81. The second-order valence-corrected chi connectivity index (χ2v) is 10.4. The predicted octanol–water partition coefficient (Wildman–Crippen LogP) is 6.05. The summed E-state index contributed by atoms with van der Waals surface area (Å²) in [4.78, 5) is 12.8. The highest BCUT2D eigenvalue weighted by molar-refractivity contribution is 7.92. The lowest BCUT2D eigenvalue weighted by molar-refractivity contribution is -0.137. The van der Waals surface area contributed by atoms with E-state index in [2.05, 4.69) is 5.32 Å². The van der Waals surface area contributed by atoms with Gasteiger partial charge in [-0.1, -0.05) is 53.6 Å². The molecule has 5 nitrogen and oxygen atoms in total. The van der Waals surface area contributed by atoms with Crippen molar-refractivity contribution in [2.45, 2.75) is 37.9 Å². The number of aryl methyl sites for hydroxylation is 2. The van der Waals surface area contributed by atoms with Crippen molar-refractivity contribution in [1.29, 1.82) is 0 Å². The first kappa shape index (κ1) is 26.6. The van der Waals surface area contributed by atoms with E-state index in [9.17, 15) is 26.4 Å². The summed E-state index contributed by atoms with van der Waals surface area (Å²) in [5, 5.41) is 2.17. The zero-order valence-electron chi connectivity index (χ0n) is 19.2. The smallest absolute Gasteiger partial charge is 0.348 e. The second kappa shape index (κ2) is 10.3. The van der Waals surface area contributed by atoms with Gasteiger partial charge in [0.05, 0.1) is 27.2 Å². The van der Waals surface area contributed by atoms with Gasteiger partial charge in [0.1, 0.15) is 6.54 Å². The van der Waals surface area contributed by atoms with E-state index < -0.39 is 45.3 Å². The van der Waals surface area contributed by atoms with Gasteiger partial charge >= 0.3 is 6.18 Å². The van der Waals surface area contributed by atoms with E-state index in [4.69, 9.17) is 11.6 Å². The Hall–Kier alpha value is -3.04. The summed E-state index contributed by atoms with van der Waals surface area (Å²) in [6, 6.07) is 15.2. The number of alkyl halides is 3. The number of hydrogen-bond donors (Lipinski definition) is 1. The van der Waals surface area contributed by atoms with Gasteiger partial charge in [0, 0.05) is 0 Å². The molecule has 0 saturated heterocycles. The highest BCUT2D eigenvalue weighted by atomic mass is 35.5. The molecule has 3 rings (SSSR count). The maximum absolute atomic E-state index is 13.5. The van der Waals surface area contributed by atoms with Gasteiger partial charge in [-0.2, -0.15) is 13.2 Å². The fourth-order valence-electron chi connectivity index (χ4n) is 3.73. The number of hydrogen-bond acceptors (Lipinski definition) is 3. The van der Waals surface area contributed by atoms with Crippen LogP contribution >= 0.6 is 11.6 Å². The molecule has 0 spiro atoms. The Morgan fingerprint density at radius 1 is 1.03 bits per heavy atom. The average molecular weight is 525 g/mol. The maximum atomic E-state index is 13.5. The number of anilines is 1. The molecule has 0 aliphatic carbocycles. The van der Waals surface area contributed by atoms with Crippen LogP contribution in [0.2, 0.25) is 5.02 Å². The topological polar surface area (TPSA) is 66.5 Å². The SMILES string of the molecule is Cc1ccc([C@@H](C)NC(=O)CN(c2ccc(Cl)c(C(F)(F)F)c2)S(=O)(=O)c2ccccc2)c(C)c1. The lowest BCUT2D eigenvalue weighted by Gasteiger charge is -2.26. The van der Waals surface area contributed by atoms with Gasteiger partial charge in [-0.05, 0) is 62.2 Å². The average Bonchev–Trinajstić information content (AvgIpc) is 2.77. The van der Waals surface area contributed by atoms with Crippen molar-refractivity contribution in [1.82, 2.24) is 5.32 Å². The predicted molar refractivity (Wildman–Crippen MR) is 130 cm³/mol. The highest BCUT2D eigenvalue weighted by Gasteiger charge is 2.35. The summed E-state index contributed by atoms with van der Waals surface area (Å²) < 4.78 is 67.8. The lowest BCUT2D eigenvalue weighted by Crippen LogP contribution is -2.41. The highest BCUT2D eigenvalue weighted by Crippen LogP contribution is 2.38. The number of amides is 1. The molecule has 0 aliphatic rings. The van der Waals surface area contributed by atoms with E-state index in [1.165, 1.54) is 24.3 Å². The summed E-state index contributed by atoms with van der Waals surface area (Å²) in [5.74, 6) is -0.680. The van der Waals surface area contributed by atoms with Crippen LogP contribution in [0.3, 0.4) is 0 Å². The first-order chi connectivity index (χ1) is 16.3. The van der Waals surface area contributed by atoms with E-state index in [0.717, 1.165) is 28.8 Å². The molecule has 186 valence electrons. The van der Waals surface area contributed by atoms with Crippen LogP contribution in [0.25, 0.3) is 0 Å². The summed E-state index contributed by atoms with van der Waals surface area (Å²) >= 11 is 5.72. The minimum Gasteiger partial charge on any atom is -0.348 e. The molecule has 0 unspecified atom stereocenters. The first-order valence-corrected chi connectivity index (χ1v) is 12.4. The van der Waals surface area contributed by atoms with Crippen molar-refractivity contribution in [2.24, 2.45) is 0 Å². The van der Waals surface area contributed by atoms with Crippen LogP contribution in [-0.2, 0) is 21.0 Å². The number of sulfonamides is 1. The lowest BCUT2D eigenvalue weighted by atomic mass is 10.0. The van der Waals surface area contributed by atoms with Gasteiger partial charge in [-0.25, -0.2) is 8.42 Å². The van der Waals surface area contributed by atoms with E-state index >= 15 is 0 Å². The molecule has 3 aromatic rings. The fourth-order valence-corrected chi connectivity index (χ4v) is 5.39. The summed E-state index contributed by atoms with van der Waals surface area (Å²) in [7, 11) is -4.38. The minimum absolute atomic E-state index is 0.168. The van der Waals surface area contributed by atoms with E-state index in [-0.39, 0.29) is 10.6 Å². The van der Waals surface area contributed by atoms with Crippen LogP contribution in [0.1, 0.15) is 35.2 Å². The molecule has 0 aromatic heterocycles. The zero-order chi connectivity index (χ0) is 26.0. The third kappa shape index (κ3) is 6.15. The van der Waals surface area contributed by atoms with Crippen molar-refractivity contribution < 1.29 is 26.4 Å². The molecule has 0 radical (unpaired) electrons. The Kier molecular flexibility index (Phi) is 7.81. The van der Waals surface area contributed by atoms with Crippen LogP contribution in [0.15, 0.2) is 71.6 Å². The summed E-state index contributed by atoms with van der Waals surface area (Å²) in [6.45, 7) is 4.85. The standard InChI is InChI=1S/C25H24ClF3N2O3S/c1-16-9-11-21(17(2)13-16)18(3)30-24(32)15-31(35(33,34)20-7-5-4-6-8-20)19-10-12-23(26)22(14-19)25(27,28)29/h4-14,18H,15H2,1-3H3,(H,30,32)/t18-/m1/s1. The van der Waals surface area contributed by atoms with Crippen molar-refractivity contribution in [3.05, 3.63) is 94.0 Å². The van der Waals surface area contributed by atoms with Crippen LogP contribution in [0.5, 0.6) is 0 Å². The number of halogens is 4. The fraction of sp³-hybridized carbons (Fsp3) is 0.240. The molecule has 1 N–H and O–H groups in total. The van der Waals surface area contributed by atoms with Gasteiger partial charge in [-0.3, -0.25) is 9.10 Å². The Morgan fingerprint density at radius 2 is 1.69 bits per heavy atom. The molecule has 0 saturated carbocycles. The molecular formula is C25H24ClF3N2O3S. The number of benzene rings is 3. The first-order valence-electron chi connectivity index (χ1n) is 10.6. The largest absolute Gasteiger partial charge is 0.417 e. The molecule has 0 fully saturated rings. The van der Waals surface area contributed by atoms with Crippen molar-refractivity contribution in [2.75, 3.05) is 10.8 Å². The van der Waals surface area contributed by atoms with E-state index in [0.29, 0.717) is 10.4 Å². The third-order valence-electron chi connectivity index (χ3n) is 5.43. The second-order valence-electron chi connectivity index (χ2n) is 8.14. The van der Waals surface area contributed by atoms with Crippen molar-refractivity contribution >= 4 is 33.2 Å². The molecule has 0 heterocycles. The number of carbonyl (C=O) groups excluding carboxylic acids is 1. The summed E-state index contributed by atoms with van der Waals surface area (Å²) in [5.41, 5.74) is 1.30. The van der Waals surface area contributed by atoms with E-state index in [1.54, 1.807) is 13.0 Å². The molecule has 1 atom stereocenters. The van der Waals surface area contributed by atoms with Gasteiger partial charge < -0.3 is 5.32 Å². The van der Waals surface area contributed by atoms with Crippen LogP contribution in [0, 0.1) is 13.8 Å². The molecule has 0 aliphatic heterocycles.